The van der Waals surface area contributed by atoms with Crippen LogP contribution in [0.3, 0.4) is 0 Å². The van der Waals surface area contributed by atoms with Crippen LogP contribution in [0.2, 0.25) is 0 Å². The molecule has 1 heterocycles. The molecule has 0 amide bonds. The lowest BCUT2D eigenvalue weighted by atomic mass is 9.87. The van der Waals surface area contributed by atoms with E-state index in [0.717, 1.165) is 18.4 Å². The van der Waals surface area contributed by atoms with Gasteiger partial charge in [0.25, 0.3) is 0 Å². The quantitative estimate of drug-likeness (QED) is 0.864. The number of benzene rings is 1. The first kappa shape index (κ1) is 14.1. The van der Waals surface area contributed by atoms with Crippen molar-refractivity contribution in [2.24, 2.45) is 11.8 Å². The fourth-order valence-corrected chi connectivity index (χ4v) is 5.00. The first-order valence-corrected chi connectivity index (χ1v) is 8.10. The Morgan fingerprint density at radius 2 is 2.05 bits per heavy atom. The smallest absolute Gasteiger partial charge is 0.0417 e. The lowest BCUT2D eigenvalue weighted by molar-refractivity contribution is 0.627. The van der Waals surface area contributed by atoms with Gasteiger partial charge in [0.15, 0.2) is 0 Å². The van der Waals surface area contributed by atoms with Gasteiger partial charge in [-0.3, -0.25) is 0 Å². The van der Waals surface area contributed by atoms with E-state index in [1.165, 1.54) is 34.9 Å². The number of nitrogens with one attached hydrogen (secondary N) is 1. The third-order valence-electron chi connectivity index (χ3n) is 4.82. The van der Waals surface area contributed by atoms with Crippen molar-refractivity contribution in [3.8, 4) is 0 Å². The number of halogens is 1. The third-order valence-corrected chi connectivity index (χ3v) is 5.78. The Balaban J connectivity index is 0.00000121. The van der Waals surface area contributed by atoms with E-state index in [1.807, 2.05) is 11.3 Å². The highest BCUT2D eigenvalue weighted by atomic mass is 35.5. The molecule has 4 rings (SSSR count). The summed E-state index contributed by atoms with van der Waals surface area (Å²) in [6.45, 7) is 1.07. The number of hydrogen-bond acceptors (Lipinski definition) is 2. The summed E-state index contributed by atoms with van der Waals surface area (Å²) in [6, 6.07) is 9.04. The van der Waals surface area contributed by atoms with Crippen molar-refractivity contribution in [1.29, 1.82) is 0 Å². The van der Waals surface area contributed by atoms with Gasteiger partial charge >= 0.3 is 0 Å². The normalized spacial score (nSPS) is 24.4. The molecule has 1 aromatic carbocycles. The van der Waals surface area contributed by atoms with Crippen molar-refractivity contribution in [3.05, 3.63) is 40.8 Å². The molecule has 1 nitrogen and oxygen atoms in total. The fourth-order valence-electron chi connectivity index (χ4n) is 4.07. The molecule has 1 aromatic heterocycles. The molecular weight excluding hydrogens is 286 g/mol. The second-order valence-electron chi connectivity index (χ2n) is 5.82. The largest absolute Gasteiger partial charge is 0.316 e. The molecule has 0 radical (unpaired) electrons. The fraction of sp³-hybridized carbons (Fsp3) is 0.412. The van der Waals surface area contributed by atoms with E-state index < -0.39 is 0 Å². The molecule has 0 unspecified atom stereocenters. The molecule has 2 bridgehead atoms. The maximum absolute atomic E-state index is 3.38. The molecule has 3 heteroatoms. The zero-order chi connectivity index (χ0) is 12.8. The monoisotopic (exact) mass is 305 g/mol. The molecule has 0 aliphatic heterocycles. The van der Waals surface area contributed by atoms with Gasteiger partial charge in [-0.25, -0.2) is 0 Å². The molecule has 1 saturated carbocycles. The summed E-state index contributed by atoms with van der Waals surface area (Å²) in [6.07, 6.45) is 4.20. The van der Waals surface area contributed by atoms with Crippen molar-refractivity contribution < 1.29 is 0 Å². The lowest BCUT2D eigenvalue weighted by Gasteiger charge is -2.20. The van der Waals surface area contributed by atoms with Crippen molar-refractivity contribution in [1.82, 2.24) is 5.32 Å². The molecular formula is C17H20ClNS. The second kappa shape index (κ2) is 5.51. The van der Waals surface area contributed by atoms with Crippen LogP contribution in [0.15, 0.2) is 35.2 Å². The Labute approximate surface area is 130 Å². The van der Waals surface area contributed by atoms with Crippen molar-refractivity contribution in [3.63, 3.8) is 0 Å². The van der Waals surface area contributed by atoms with Gasteiger partial charge in [-0.1, -0.05) is 18.2 Å². The number of thiophene rings is 1. The number of rotatable bonds is 3. The summed E-state index contributed by atoms with van der Waals surface area (Å²) in [5.74, 6) is 1.67. The number of fused-ring (bicyclic) bond motifs is 3. The molecule has 0 saturated heterocycles. The molecule has 20 heavy (non-hydrogen) atoms. The SMILES string of the molecule is CNCC1=C(c2cccc3ccsc23)[C@H]2CC[C@@H]1C2.Cl. The van der Waals surface area contributed by atoms with Crippen LogP contribution in [0.1, 0.15) is 24.8 Å². The maximum atomic E-state index is 3.38. The van der Waals surface area contributed by atoms with Crippen LogP contribution in [0.5, 0.6) is 0 Å². The summed E-state index contributed by atoms with van der Waals surface area (Å²) >= 11 is 1.89. The van der Waals surface area contributed by atoms with Crippen LogP contribution >= 0.6 is 23.7 Å². The Hall–Kier alpha value is -0.830. The number of allylic oxidation sites excluding steroid dienone is 1. The second-order valence-corrected chi connectivity index (χ2v) is 6.74. The van der Waals surface area contributed by atoms with Crippen LogP contribution in [0.25, 0.3) is 15.7 Å². The molecule has 2 atom stereocenters. The molecule has 0 spiro atoms. The molecule has 1 fully saturated rings. The summed E-state index contributed by atoms with van der Waals surface area (Å²) in [5.41, 5.74) is 4.89. The lowest BCUT2D eigenvalue weighted by Crippen LogP contribution is -2.16. The number of likely N-dealkylation sites (N-methyl/N-ethyl adjacent to an activating group) is 1. The molecule has 106 valence electrons. The Bertz CT molecular complexity index is 658. The first-order chi connectivity index (χ1) is 9.38. The average Bonchev–Trinajstić information content (AvgIpc) is 3.13. The van der Waals surface area contributed by atoms with Crippen LogP contribution in [-0.2, 0) is 0 Å². The molecule has 2 aliphatic rings. The van der Waals surface area contributed by atoms with Crippen LogP contribution in [0.4, 0.5) is 0 Å². The molecule has 2 aromatic rings. The minimum atomic E-state index is 0. The van der Waals surface area contributed by atoms with Gasteiger partial charge in [0.1, 0.15) is 0 Å². The van der Waals surface area contributed by atoms with Crippen LogP contribution in [0, 0.1) is 11.8 Å². The van der Waals surface area contributed by atoms with Crippen LogP contribution < -0.4 is 5.32 Å². The van der Waals surface area contributed by atoms with E-state index in [0.29, 0.717) is 0 Å². The first-order valence-electron chi connectivity index (χ1n) is 7.22. The number of hydrogen-bond donors (Lipinski definition) is 1. The predicted octanol–water partition coefficient (Wildman–Crippen LogP) is 4.73. The topological polar surface area (TPSA) is 12.0 Å². The zero-order valence-electron chi connectivity index (χ0n) is 11.7. The van der Waals surface area contributed by atoms with E-state index in [-0.39, 0.29) is 12.4 Å². The van der Waals surface area contributed by atoms with Crippen LogP contribution in [-0.4, -0.2) is 13.6 Å². The minimum absolute atomic E-state index is 0. The summed E-state index contributed by atoms with van der Waals surface area (Å²) in [4.78, 5) is 0. The van der Waals surface area contributed by atoms with Gasteiger partial charge in [0, 0.05) is 11.2 Å². The molecule has 2 aliphatic carbocycles. The summed E-state index contributed by atoms with van der Waals surface area (Å²) < 4.78 is 1.48. The van der Waals surface area contributed by atoms with E-state index in [4.69, 9.17) is 0 Å². The van der Waals surface area contributed by atoms with Gasteiger partial charge in [-0.05, 0) is 71.7 Å². The minimum Gasteiger partial charge on any atom is -0.316 e. The molecule has 1 N–H and O–H groups in total. The Morgan fingerprint density at radius 3 is 2.90 bits per heavy atom. The third kappa shape index (κ3) is 2.02. The van der Waals surface area contributed by atoms with E-state index >= 15 is 0 Å². The van der Waals surface area contributed by atoms with E-state index in [2.05, 4.69) is 42.0 Å². The Morgan fingerprint density at radius 1 is 1.20 bits per heavy atom. The summed E-state index contributed by atoms with van der Waals surface area (Å²) in [5, 5.41) is 7.01. The maximum Gasteiger partial charge on any atom is 0.0417 e. The highest BCUT2D eigenvalue weighted by molar-refractivity contribution is 7.17. The highest BCUT2D eigenvalue weighted by Crippen LogP contribution is 2.53. The van der Waals surface area contributed by atoms with E-state index in [1.54, 1.807) is 11.1 Å². The van der Waals surface area contributed by atoms with Crippen molar-refractivity contribution in [2.45, 2.75) is 19.3 Å². The van der Waals surface area contributed by atoms with Crippen molar-refractivity contribution >= 4 is 39.4 Å². The van der Waals surface area contributed by atoms with Crippen molar-refractivity contribution in [2.75, 3.05) is 13.6 Å². The van der Waals surface area contributed by atoms with Gasteiger partial charge < -0.3 is 5.32 Å². The van der Waals surface area contributed by atoms with Gasteiger partial charge in [-0.15, -0.1) is 23.7 Å². The van der Waals surface area contributed by atoms with E-state index in [9.17, 15) is 0 Å². The van der Waals surface area contributed by atoms with Gasteiger partial charge in [0.2, 0.25) is 0 Å². The highest BCUT2D eigenvalue weighted by Gasteiger charge is 2.39. The Kier molecular flexibility index (Phi) is 3.89. The standard InChI is InChI=1S/C17H19NS.ClH/c1-18-10-15-12-5-6-13(9-12)16(15)14-4-2-3-11-7-8-19-17(11)14;/h2-4,7-8,12-13,18H,5-6,9-10H2,1H3;1H/t12-,13+;/m1./s1. The van der Waals surface area contributed by atoms with Gasteiger partial charge in [0.05, 0.1) is 0 Å². The van der Waals surface area contributed by atoms with Gasteiger partial charge in [-0.2, -0.15) is 0 Å². The predicted molar refractivity (Wildman–Crippen MR) is 90.8 cm³/mol. The zero-order valence-corrected chi connectivity index (χ0v) is 13.3. The summed E-state index contributed by atoms with van der Waals surface area (Å²) in [7, 11) is 2.07. The average molecular weight is 306 g/mol.